The van der Waals surface area contributed by atoms with E-state index in [1.54, 1.807) is 30.3 Å². The van der Waals surface area contributed by atoms with Crippen molar-refractivity contribution in [2.75, 3.05) is 11.4 Å². The Kier molecular flexibility index (Phi) is 3.82. The predicted molar refractivity (Wildman–Crippen MR) is 72.2 cm³/mol. The van der Waals surface area contributed by atoms with Crippen LogP contribution in [0.2, 0.25) is 0 Å². The summed E-state index contributed by atoms with van der Waals surface area (Å²) in [5.41, 5.74) is 1.14. The molecular formula is C13H14N2O3S. The van der Waals surface area contributed by atoms with Gasteiger partial charge in [0.15, 0.2) is 5.03 Å². The number of pyridine rings is 1. The van der Waals surface area contributed by atoms with Gasteiger partial charge in [0.1, 0.15) is 0 Å². The number of hydrogen-bond donors (Lipinski definition) is 1. The van der Waals surface area contributed by atoms with E-state index in [1.165, 1.54) is 23.6 Å². The zero-order chi connectivity index (χ0) is 13.9. The molecule has 1 aromatic heterocycles. The van der Waals surface area contributed by atoms with Crippen LogP contribution in [0.15, 0.2) is 53.7 Å². The van der Waals surface area contributed by atoms with Crippen molar-refractivity contribution in [3.8, 4) is 0 Å². The van der Waals surface area contributed by atoms with Gasteiger partial charge in [-0.05, 0) is 23.8 Å². The van der Waals surface area contributed by atoms with Crippen molar-refractivity contribution in [2.45, 2.75) is 11.6 Å². The fourth-order valence-corrected chi connectivity index (χ4v) is 2.68. The van der Waals surface area contributed by atoms with Crippen molar-refractivity contribution in [2.24, 2.45) is 0 Å². The summed E-state index contributed by atoms with van der Waals surface area (Å²) in [6.07, 6.45) is 1.35. The lowest BCUT2D eigenvalue weighted by molar-refractivity contribution is 0.281. The van der Waals surface area contributed by atoms with Crippen molar-refractivity contribution in [1.82, 2.24) is 4.98 Å². The molecule has 0 radical (unpaired) electrons. The first kappa shape index (κ1) is 13.5. The smallest absolute Gasteiger partial charge is 0.281 e. The van der Waals surface area contributed by atoms with Crippen LogP contribution in [0.5, 0.6) is 0 Å². The normalized spacial score (nSPS) is 11.3. The van der Waals surface area contributed by atoms with Crippen LogP contribution in [0, 0.1) is 0 Å². The molecule has 1 heterocycles. The third-order valence-electron chi connectivity index (χ3n) is 2.72. The molecule has 0 aliphatic rings. The maximum Gasteiger partial charge on any atom is 0.281 e. The Morgan fingerprint density at radius 2 is 1.84 bits per heavy atom. The van der Waals surface area contributed by atoms with Crippen LogP contribution in [0.25, 0.3) is 0 Å². The quantitative estimate of drug-likeness (QED) is 0.917. The van der Waals surface area contributed by atoms with Gasteiger partial charge in [-0.2, -0.15) is 8.42 Å². The van der Waals surface area contributed by atoms with E-state index in [9.17, 15) is 8.42 Å². The van der Waals surface area contributed by atoms with Gasteiger partial charge >= 0.3 is 0 Å². The highest BCUT2D eigenvalue weighted by Gasteiger charge is 2.22. The zero-order valence-electron chi connectivity index (χ0n) is 10.4. The van der Waals surface area contributed by atoms with Gasteiger partial charge in [-0.3, -0.25) is 4.31 Å². The summed E-state index contributed by atoms with van der Waals surface area (Å²) >= 11 is 0. The summed E-state index contributed by atoms with van der Waals surface area (Å²) in [5, 5.41) is 8.87. The lowest BCUT2D eigenvalue weighted by atomic mass is 10.3. The highest BCUT2D eigenvalue weighted by molar-refractivity contribution is 7.92. The van der Waals surface area contributed by atoms with Crippen molar-refractivity contribution in [3.05, 3.63) is 54.2 Å². The second-order valence-corrected chi connectivity index (χ2v) is 5.89. The number of anilines is 1. The minimum Gasteiger partial charge on any atom is -0.392 e. The molecule has 0 bridgehead atoms. The Labute approximate surface area is 112 Å². The van der Waals surface area contributed by atoms with Gasteiger partial charge in [-0.25, -0.2) is 4.98 Å². The van der Waals surface area contributed by atoms with Crippen LogP contribution in [0.3, 0.4) is 0 Å². The fraction of sp³-hybridized carbons (Fsp3) is 0.154. The van der Waals surface area contributed by atoms with Crippen LogP contribution >= 0.6 is 0 Å². The molecule has 100 valence electrons. The van der Waals surface area contributed by atoms with Gasteiger partial charge in [0, 0.05) is 13.2 Å². The number of aromatic nitrogens is 1. The van der Waals surface area contributed by atoms with Crippen molar-refractivity contribution < 1.29 is 13.5 Å². The number of rotatable bonds is 4. The average Bonchev–Trinajstić information content (AvgIpc) is 2.47. The molecule has 2 aromatic rings. The van der Waals surface area contributed by atoms with Crippen LogP contribution in [0.1, 0.15) is 5.56 Å². The van der Waals surface area contributed by atoms with Gasteiger partial charge in [0.05, 0.1) is 12.3 Å². The van der Waals surface area contributed by atoms with Crippen LogP contribution < -0.4 is 4.31 Å². The first-order valence-electron chi connectivity index (χ1n) is 5.65. The number of para-hydroxylation sites is 1. The molecule has 0 atom stereocenters. The predicted octanol–water partition coefficient (Wildman–Crippen LogP) is 1.40. The maximum absolute atomic E-state index is 12.3. The summed E-state index contributed by atoms with van der Waals surface area (Å²) in [4.78, 5) is 3.88. The topological polar surface area (TPSA) is 70.5 Å². The molecule has 1 N–H and O–H groups in total. The van der Waals surface area contributed by atoms with E-state index in [0.29, 0.717) is 11.3 Å². The lowest BCUT2D eigenvalue weighted by Crippen LogP contribution is -2.27. The van der Waals surface area contributed by atoms with E-state index in [1.807, 2.05) is 6.07 Å². The Balaban J connectivity index is 2.36. The molecule has 0 amide bonds. The second kappa shape index (κ2) is 5.38. The van der Waals surface area contributed by atoms with Gasteiger partial charge in [-0.1, -0.05) is 24.3 Å². The van der Waals surface area contributed by atoms with E-state index in [2.05, 4.69) is 4.98 Å². The minimum atomic E-state index is -3.68. The summed E-state index contributed by atoms with van der Waals surface area (Å²) in [6, 6.07) is 11.7. The molecule has 1 aromatic carbocycles. The first-order chi connectivity index (χ1) is 9.05. The van der Waals surface area contributed by atoms with Crippen LogP contribution in [-0.2, 0) is 16.6 Å². The molecule has 0 saturated carbocycles. The van der Waals surface area contributed by atoms with Crippen LogP contribution in [-0.4, -0.2) is 25.6 Å². The molecule has 0 aliphatic carbocycles. The maximum atomic E-state index is 12.3. The summed E-state index contributed by atoms with van der Waals surface area (Å²) in [5.74, 6) is 0. The number of sulfonamides is 1. The van der Waals surface area contributed by atoms with E-state index < -0.39 is 10.0 Å². The Morgan fingerprint density at radius 1 is 1.16 bits per heavy atom. The molecule has 0 spiro atoms. The number of aliphatic hydroxyl groups excluding tert-OH is 1. The molecule has 5 nitrogen and oxygen atoms in total. The fourth-order valence-electron chi connectivity index (χ4n) is 1.57. The summed E-state index contributed by atoms with van der Waals surface area (Å²) < 4.78 is 25.8. The Hall–Kier alpha value is -1.92. The lowest BCUT2D eigenvalue weighted by Gasteiger charge is -2.18. The molecule has 0 fully saturated rings. The molecule has 0 saturated heterocycles. The number of hydrogen-bond acceptors (Lipinski definition) is 4. The minimum absolute atomic E-state index is 0.0453. The molecule has 6 heteroatoms. The number of nitrogens with zero attached hydrogens (tertiary/aromatic N) is 2. The number of aliphatic hydroxyl groups is 1. The highest BCUT2D eigenvalue weighted by Crippen LogP contribution is 2.20. The third kappa shape index (κ3) is 2.74. The molecule has 2 rings (SSSR count). The largest absolute Gasteiger partial charge is 0.392 e. The van der Waals surface area contributed by atoms with E-state index >= 15 is 0 Å². The van der Waals surface area contributed by atoms with Crippen molar-refractivity contribution >= 4 is 15.7 Å². The molecule has 19 heavy (non-hydrogen) atoms. The van der Waals surface area contributed by atoms with E-state index in [4.69, 9.17) is 5.11 Å². The van der Waals surface area contributed by atoms with Crippen molar-refractivity contribution in [1.29, 1.82) is 0 Å². The summed E-state index contributed by atoms with van der Waals surface area (Å²) in [6.45, 7) is -0.165. The molecule has 0 unspecified atom stereocenters. The number of benzene rings is 1. The standard InChI is InChI=1S/C13H14N2O3S/c1-15(12-5-3-2-4-6-12)19(17,18)13-8-7-11(10-16)9-14-13/h2-9,16H,10H2,1H3. The average molecular weight is 278 g/mol. The van der Waals surface area contributed by atoms with Gasteiger partial charge in [0.25, 0.3) is 10.0 Å². The SMILES string of the molecule is CN(c1ccccc1)S(=O)(=O)c1ccc(CO)cn1. The van der Waals surface area contributed by atoms with Gasteiger partial charge in [0.2, 0.25) is 0 Å². The first-order valence-corrected chi connectivity index (χ1v) is 7.09. The third-order valence-corrected chi connectivity index (χ3v) is 4.43. The van der Waals surface area contributed by atoms with Crippen LogP contribution in [0.4, 0.5) is 5.69 Å². The zero-order valence-corrected chi connectivity index (χ0v) is 11.2. The van der Waals surface area contributed by atoms with Gasteiger partial charge < -0.3 is 5.11 Å². The van der Waals surface area contributed by atoms with E-state index in [0.717, 1.165) is 0 Å². The highest BCUT2D eigenvalue weighted by atomic mass is 32.2. The Bertz CT molecular complexity index is 639. The molecular weight excluding hydrogens is 264 g/mol. The van der Waals surface area contributed by atoms with E-state index in [-0.39, 0.29) is 11.6 Å². The molecule has 0 aliphatic heterocycles. The monoisotopic (exact) mass is 278 g/mol. The Morgan fingerprint density at radius 3 is 2.37 bits per heavy atom. The second-order valence-electron chi connectivity index (χ2n) is 3.97. The van der Waals surface area contributed by atoms with Crippen molar-refractivity contribution in [3.63, 3.8) is 0 Å². The summed E-state index contributed by atoms with van der Waals surface area (Å²) in [7, 11) is -2.20. The van der Waals surface area contributed by atoms with Gasteiger partial charge in [-0.15, -0.1) is 0 Å².